The number of esters is 2. The first-order valence-corrected chi connectivity index (χ1v) is 14.7. The molecule has 2 aliphatic rings. The summed E-state index contributed by atoms with van der Waals surface area (Å²) in [5, 5.41) is 18.4. The molecule has 0 aromatic heterocycles. The van der Waals surface area contributed by atoms with E-state index in [-0.39, 0.29) is 30.3 Å². The summed E-state index contributed by atoms with van der Waals surface area (Å²) in [6, 6.07) is 0. The molecule has 0 saturated heterocycles. The highest BCUT2D eigenvalue weighted by Gasteiger charge is 2.41. The van der Waals surface area contributed by atoms with Crippen molar-refractivity contribution in [2.75, 3.05) is 26.4 Å². The molecule has 0 unspecified atom stereocenters. The van der Waals surface area contributed by atoms with E-state index in [2.05, 4.69) is 20.1 Å². The van der Waals surface area contributed by atoms with Gasteiger partial charge in [-0.1, -0.05) is 78.4 Å². The molecule has 0 spiro atoms. The number of carbonyl (C=O) groups excluding carboxylic acids is 2. The van der Waals surface area contributed by atoms with Crippen LogP contribution >= 0.6 is 0 Å². The maximum Gasteiger partial charge on any atom is 0.335 e. The van der Waals surface area contributed by atoms with Gasteiger partial charge in [-0.3, -0.25) is 0 Å². The third-order valence-corrected chi connectivity index (χ3v) is 9.06. The maximum atomic E-state index is 12.2. The minimum absolute atomic E-state index is 0.00766. The molecule has 0 amide bonds. The smallest absolute Gasteiger partial charge is 0.335 e. The summed E-state index contributed by atoms with van der Waals surface area (Å²) in [4.78, 5) is 24.3. The molecule has 37 heavy (non-hydrogen) atoms. The molecule has 2 rings (SSSR count). The SMILES string of the molecule is C=C(CO)C(=O)OCC(C)(COC(=O)C(=C)CO)C1CCC(C2CCC(CCCCCCC)CC2)CC1. The summed E-state index contributed by atoms with van der Waals surface area (Å²) in [5.41, 5.74) is -0.543. The highest BCUT2D eigenvalue weighted by atomic mass is 16.5. The second-order valence-corrected chi connectivity index (χ2v) is 11.9. The van der Waals surface area contributed by atoms with Gasteiger partial charge >= 0.3 is 11.9 Å². The Morgan fingerprint density at radius 2 is 1.22 bits per heavy atom. The summed E-state index contributed by atoms with van der Waals surface area (Å²) in [5.74, 6) is 1.48. The molecule has 2 N–H and O–H groups in total. The Balaban J connectivity index is 1.87. The van der Waals surface area contributed by atoms with Crippen LogP contribution in [0.2, 0.25) is 0 Å². The Labute approximate surface area is 224 Å². The average Bonchev–Trinajstić information content (AvgIpc) is 2.94. The highest BCUT2D eigenvalue weighted by Crippen LogP contribution is 2.46. The second-order valence-electron chi connectivity index (χ2n) is 11.9. The van der Waals surface area contributed by atoms with Crippen LogP contribution in [0.5, 0.6) is 0 Å². The molecule has 2 fully saturated rings. The second kappa shape index (κ2) is 16.3. The van der Waals surface area contributed by atoms with E-state index in [1.807, 2.05) is 6.92 Å². The zero-order valence-electron chi connectivity index (χ0n) is 23.5. The Hall–Kier alpha value is -1.66. The van der Waals surface area contributed by atoms with Crippen molar-refractivity contribution in [3.63, 3.8) is 0 Å². The topological polar surface area (TPSA) is 93.1 Å². The molecule has 0 aromatic rings. The normalized spacial score (nSPS) is 24.3. The number of aliphatic hydroxyl groups is 2. The fourth-order valence-electron chi connectivity index (χ4n) is 6.34. The predicted octanol–water partition coefficient (Wildman–Crippen LogP) is 6.15. The van der Waals surface area contributed by atoms with Crippen LogP contribution in [-0.2, 0) is 19.1 Å². The molecule has 6 nitrogen and oxygen atoms in total. The van der Waals surface area contributed by atoms with Crippen molar-refractivity contribution in [3.05, 3.63) is 24.3 Å². The van der Waals surface area contributed by atoms with Crippen LogP contribution < -0.4 is 0 Å². The zero-order valence-corrected chi connectivity index (χ0v) is 23.5. The molecule has 0 radical (unpaired) electrons. The lowest BCUT2D eigenvalue weighted by Crippen LogP contribution is -2.41. The van der Waals surface area contributed by atoms with Crippen molar-refractivity contribution in [2.24, 2.45) is 29.1 Å². The van der Waals surface area contributed by atoms with E-state index < -0.39 is 30.6 Å². The van der Waals surface area contributed by atoms with Crippen LogP contribution in [0.1, 0.15) is 104 Å². The fraction of sp³-hybridized carbons (Fsp3) is 0.806. The van der Waals surface area contributed by atoms with E-state index in [1.54, 1.807) is 0 Å². The quantitative estimate of drug-likeness (QED) is 0.144. The molecule has 6 heteroatoms. The fourth-order valence-corrected chi connectivity index (χ4v) is 6.34. The monoisotopic (exact) mass is 520 g/mol. The lowest BCUT2D eigenvalue weighted by molar-refractivity contribution is -0.153. The first-order chi connectivity index (χ1) is 17.7. The number of aliphatic hydroxyl groups excluding tert-OH is 2. The third kappa shape index (κ3) is 10.2. The Morgan fingerprint density at radius 3 is 1.68 bits per heavy atom. The largest absolute Gasteiger partial charge is 0.462 e. The van der Waals surface area contributed by atoms with Crippen molar-refractivity contribution in [3.8, 4) is 0 Å². The van der Waals surface area contributed by atoms with Gasteiger partial charge in [0.2, 0.25) is 0 Å². The van der Waals surface area contributed by atoms with E-state index in [4.69, 9.17) is 9.47 Å². The van der Waals surface area contributed by atoms with Gasteiger partial charge < -0.3 is 19.7 Å². The van der Waals surface area contributed by atoms with Gasteiger partial charge in [-0.05, 0) is 62.2 Å². The van der Waals surface area contributed by atoms with Gasteiger partial charge in [0.05, 0.1) is 24.4 Å². The van der Waals surface area contributed by atoms with Crippen LogP contribution in [0, 0.1) is 29.1 Å². The Morgan fingerprint density at radius 1 is 0.757 bits per heavy atom. The van der Waals surface area contributed by atoms with Crippen LogP contribution in [0.15, 0.2) is 24.3 Å². The minimum Gasteiger partial charge on any atom is -0.462 e. The highest BCUT2D eigenvalue weighted by molar-refractivity contribution is 5.88. The molecule has 0 bridgehead atoms. The first kappa shape index (κ1) is 31.6. The van der Waals surface area contributed by atoms with Gasteiger partial charge in [-0.25, -0.2) is 9.59 Å². The van der Waals surface area contributed by atoms with Gasteiger partial charge in [0.1, 0.15) is 13.2 Å². The number of unbranched alkanes of at least 4 members (excludes halogenated alkanes) is 4. The molecule has 0 heterocycles. The van der Waals surface area contributed by atoms with Crippen LogP contribution in [0.25, 0.3) is 0 Å². The molecule has 0 atom stereocenters. The van der Waals surface area contributed by atoms with E-state index in [9.17, 15) is 19.8 Å². The molecule has 212 valence electrons. The summed E-state index contributed by atoms with van der Waals surface area (Å²) in [6.07, 6.45) is 18.1. The lowest BCUT2D eigenvalue weighted by atomic mass is 9.64. The summed E-state index contributed by atoms with van der Waals surface area (Å²) in [6.45, 7) is 10.6. The zero-order chi connectivity index (χ0) is 27.3. The summed E-state index contributed by atoms with van der Waals surface area (Å²) >= 11 is 0. The Bertz CT molecular complexity index is 696. The summed E-state index contributed by atoms with van der Waals surface area (Å²) in [7, 11) is 0. The standard InChI is InChI=1S/C31H52O6/c1-5-6-7-8-9-10-25-11-13-26(14-12-25)27-15-17-28(18-16-27)31(4,21-36-29(34)23(2)19-32)22-37-30(35)24(3)20-33/h25-28,32-33H,2-3,5-22H2,1,4H3. The number of rotatable bonds is 16. The van der Waals surface area contributed by atoms with Crippen molar-refractivity contribution in [1.29, 1.82) is 0 Å². The maximum absolute atomic E-state index is 12.2. The molecular formula is C31H52O6. The Kier molecular flexibility index (Phi) is 13.9. The number of hydrogen-bond donors (Lipinski definition) is 2. The molecule has 2 aliphatic carbocycles. The van der Waals surface area contributed by atoms with E-state index in [0.29, 0.717) is 0 Å². The van der Waals surface area contributed by atoms with Gasteiger partial charge in [0.15, 0.2) is 0 Å². The van der Waals surface area contributed by atoms with E-state index in [0.717, 1.165) is 43.4 Å². The predicted molar refractivity (Wildman–Crippen MR) is 147 cm³/mol. The van der Waals surface area contributed by atoms with Crippen molar-refractivity contribution < 1.29 is 29.3 Å². The molecule has 0 aromatic carbocycles. The van der Waals surface area contributed by atoms with Gasteiger partial charge in [-0.2, -0.15) is 0 Å². The lowest BCUT2D eigenvalue weighted by Gasteiger charge is -2.43. The number of ether oxygens (including phenoxy) is 2. The van der Waals surface area contributed by atoms with Crippen molar-refractivity contribution in [1.82, 2.24) is 0 Å². The van der Waals surface area contributed by atoms with Gasteiger partial charge in [-0.15, -0.1) is 0 Å². The van der Waals surface area contributed by atoms with Crippen LogP contribution in [0.4, 0.5) is 0 Å². The van der Waals surface area contributed by atoms with E-state index in [1.165, 1.54) is 64.2 Å². The van der Waals surface area contributed by atoms with Gasteiger partial charge in [0.25, 0.3) is 0 Å². The first-order valence-electron chi connectivity index (χ1n) is 14.7. The van der Waals surface area contributed by atoms with Crippen LogP contribution in [0.3, 0.4) is 0 Å². The third-order valence-electron chi connectivity index (χ3n) is 9.06. The molecule has 0 aliphatic heterocycles. The minimum atomic E-state index is -0.629. The molecular weight excluding hydrogens is 468 g/mol. The molecule has 2 saturated carbocycles. The van der Waals surface area contributed by atoms with Gasteiger partial charge in [0, 0.05) is 5.41 Å². The van der Waals surface area contributed by atoms with Crippen molar-refractivity contribution >= 4 is 11.9 Å². The number of hydrogen-bond acceptors (Lipinski definition) is 6. The van der Waals surface area contributed by atoms with Crippen LogP contribution in [-0.4, -0.2) is 48.6 Å². The number of carbonyl (C=O) groups is 2. The van der Waals surface area contributed by atoms with Crippen molar-refractivity contribution in [2.45, 2.75) is 104 Å². The summed E-state index contributed by atoms with van der Waals surface area (Å²) < 4.78 is 11.0. The van der Waals surface area contributed by atoms with E-state index >= 15 is 0 Å². The average molecular weight is 521 g/mol.